The van der Waals surface area contributed by atoms with Crippen LogP contribution in [-0.4, -0.2) is 24.3 Å². The molecule has 1 aliphatic rings. The zero-order valence-corrected chi connectivity index (χ0v) is 16.6. The predicted molar refractivity (Wildman–Crippen MR) is 116 cm³/mol. The van der Waals surface area contributed by atoms with Crippen molar-refractivity contribution in [3.8, 4) is 11.1 Å². The van der Waals surface area contributed by atoms with E-state index < -0.39 is 0 Å². The summed E-state index contributed by atoms with van der Waals surface area (Å²) in [6.45, 7) is 3.15. The number of benzene rings is 3. The number of carbonyl (C=O) groups excluding carboxylic acids is 1. The van der Waals surface area contributed by atoms with Gasteiger partial charge >= 0.3 is 0 Å². The lowest BCUT2D eigenvalue weighted by atomic mass is 9.88. The molecule has 1 saturated heterocycles. The summed E-state index contributed by atoms with van der Waals surface area (Å²) in [5.41, 5.74) is 5.96. The van der Waals surface area contributed by atoms with Crippen molar-refractivity contribution in [1.29, 1.82) is 0 Å². The van der Waals surface area contributed by atoms with Crippen LogP contribution < -0.4 is 0 Å². The largest absolute Gasteiger partial charge is 0.299 e. The highest BCUT2D eigenvalue weighted by atomic mass is 35.5. The van der Waals surface area contributed by atoms with Gasteiger partial charge in [0, 0.05) is 17.1 Å². The minimum absolute atomic E-state index is 0.587. The summed E-state index contributed by atoms with van der Waals surface area (Å²) in [6.07, 6.45) is 3.22. The Morgan fingerprint density at radius 1 is 0.893 bits per heavy atom. The molecule has 3 heteroatoms. The lowest BCUT2D eigenvalue weighted by Gasteiger charge is -2.32. The third-order valence-electron chi connectivity index (χ3n) is 5.70. The second-order valence-corrected chi connectivity index (χ2v) is 7.94. The molecule has 1 heterocycles. The van der Waals surface area contributed by atoms with Gasteiger partial charge in [-0.3, -0.25) is 9.69 Å². The van der Waals surface area contributed by atoms with Gasteiger partial charge in [-0.15, -0.1) is 0 Å². The predicted octanol–water partition coefficient (Wildman–Crippen LogP) is 6.20. The first kappa shape index (κ1) is 18.9. The second kappa shape index (κ2) is 8.72. The average molecular weight is 390 g/mol. The van der Waals surface area contributed by atoms with Crippen molar-refractivity contribution < 1.29 is 4.79 Å². The number of rotatable bonds is 5. The van der Waals surface area contributed by atoms with Crippen LogP contribution >= 0.6 is 11.6 Å². The summed E-state index contributed by atoms with van der Waals surface area (Å²) < 4.78 is 0. The third kappa shape index (κ3) is 4.35. The highest BCUT2D eigenvalue weighted by Crippen LogP contribution is 2.31. The Bertz CT molecular complexity index is 926. The molecule has 28 heavy (non-hydrogen) atoms. The molecule has 0 atom stereocenters. The molecule has 4 rings (SSSR count). The van der Waals surface area contributed by atoms with E-state index in [1.54, 1.807) is 0 Å². The number of nitrogens with zero attached hydrogens (tertiary/aromatic N) is 1. The van der Waals surface area contributed by atoms with Crippen LogP contribution in [0.1, 0.15) is 40.2 Å². The molecule has 0 aliphatic carbocycles. The summed E-state index contributed by atoms with van der Waals surface area (Å²) in [6, 6.07) is 24.8. The van der Waals surface area contributed by atoms with Crippen molar-refractivity contribution in [1.82, 2.24) is 4.90 Å². The van der Waals surface area contributed by atoms with E-state index in [1.165, 1.54) is 22.3 Å². The van der Waals surface area contributed by atoms with E-state index in [0.717, 1.165) is 49.3 Å². The zero-order valence-electron chi connectivity index (χ0n) is 15.9. The number of hydrogen-bond acceptors (Lipinski definition) is 2. The maximum atomic E-state index is 10.8. The average Bonchev–Trinajstić information content (AvgIpc) is 2.75. The molecular formula is C25H24ClNO. The number of hydrogen-bond donors (Lipinski definition) is 0. The number of halogens is 1. The molecule has 0 bridgehead atoms. The Morgan fingerprint density at radius 3 is 2.25 bits per heavy atom. The fourth-order valence-corrected chi connectivity index (χ4v) is 4.21. The molecule has 0 radical (unpaired) electrons. The number of likely N-dealkylation sites (tertiary alicyclic amines) is 1. The standard InChI is InChI=1S/C25H24ClNO/c26-24-11-9-22(10-12-24)25-4-2-1-3-23(25)17-27-15-13-21(14-16-27)20-7-5-19(18-28)6-8-20/h1-12,18,21H,13-17H2. The van der Waals surface area contributed by atoms with Crippen molar-refractivity contribution >= 4 is 17.9 Å². The number of carbonyl (C=O) groups is 1. The van der Waals surface area contributed by atoms with Crippen LogP contribution in [0.5, 0.6) is 0 Å². The zero-order chi connectivity index (χ0) is 19.3. The van der Waals surface area contributed by atoms with E-state index in [4.69, 9.17) is 11.6 Å². The molecule has 142 valence electrons. The van der Waals surface area contributed by atoms with Crippen molar-refractivity contribution in [3.05, 3.63) is 94.5 Å². The van der Waals surface area contributed by atoms with Crippen LogP contribution in [0.15, 0.2) is 72.8 Å². The SMILES string of the molecule is O=Cc1ccc(C2CCN(Cc3ccccc3-c3ccc(Cl)cc3)CC2)cc1. The summed E-state index contributed by atoms with van der Waals surface area (Å²) in [7, 11) is 0. The van der Waals surface area contributed by atoms with E-state index in [2.05, 4.69) is 53.4 Å². The van der Waals surface area contributed by atoms with Crippen molar-refractivity contribution in [3.63, 3.8) is 0 Å². The lowest BCUT2D eigenvalue weighted by Crippen LogP contribution is -2.32. The Hall–Kier alpha value is -2.42. The molecule has 0 N–H and O–H groups in total. The molecule has 1 aliphatic heterocycles. The van der Waals surface area contributed by atoms with Gasteiger partial charge in [-0.2, -0.15) is 0 Å². The van der Waals surface area contributed by atoms with E-state index in [-0.39, 0.29) is 0 Å². The molecule has 2 nitrogen and oxygen atoms in total. The van der Waals surface area contributed by atoms with Gasteiger partial charge in [0.2, 0.25) is 0 Å². The van der Waals surface area contributed by atoms with Gasteiger partial charge in [0.1, 0.15) is 6.29 Å². The highest BCUT2D eigenvalue weighted by molar-refractivity contribution is 6.30. The molecule has 1 fully saturated rings. The smallest absolute Gasteiger partial charge is 0.150 e. The van der Waals surface area contributed by atoms with Crippen LogP contribution in [0.25, 0.3) is 11.1 Å². The van der Waals surface area contributed by atoms with E-state index in [0.29, 0.717) is 5.92 Å². The normalized spacial score (nSPS) is 15.5. The minimum Gasteiger partial charge on any atom is -0.299 e. The molecule has 0 spiro atoms. The Morgan fingerprint density at radius 2 is 1.57 bits per heavy atom. The van der Waals surface area contributed by atoms with Crippen LogP contribution in [-0.2, 0) is 6.54 Å². The third-order valence-corrected chi connectivity index (χ3v) is 5.95. The lowest BCUT2D eigenvalue weighted by molar-refractivity contribution is 0.112. The maximum absolute atomic E-state index is 10.8. The highest BCUT2D eigenvalue weighted by Gasteiger charge is 2.21. The summed E-state index contributed by atoms with van der Waals surface area (Å²) >= 11 is 6.05. The van der Waals surface area contributed by atoms with E-state index in [1.807, 2.05) is 24.3 Å². The summed E-state index contributed by atoms with van der Waals surface area (Å²) in [5.74, 6) is 0.587. The van der Waals surface area contributed by atoms with Gasteiger partial charge < -0.3 is 0 Å². The first-order valence-corrected chi connectivity index (χ1v) is 10.2. The molecule has 0 saturated carbocycles. The summed E-state index contributed by atoms with van der Waals surface area (Å²) in [5, 5.41) is 0.768. The number of aldehydes is 1. The van der Waals surface area contributed by atoms with Gasteiger partial charge in [-0.25, -0.2) is 0 Å². The van der Waals surface area contributed by atoms with Gasteiger partial charge in [-0.05, 0) is 66.2 Å². The first-order valence-electron chi connectivity index (χ1n) is 9.84. The Balaban J connectivity index is 1.42. The summed E-state index contributed by atoms with van der Waals surface area (Å²) in [4.78, 5) is 13.4. The van der Waals surface area contributed by atoms with E-state index >= 15 is 0 Å². The van der Waals surface area contributed by atoms with Gasteiger partial charge in [-0.1, -0.05) is 72.3 Å². The first-order chi connectivity index (χ1) is 13.7. The van der Waals surface area contributed by atoms with Crippen LogP contribution in [0.2, 0.25) is 5.02 Å². The monoisotopic (exact) mass is 389 g/mol. The molecule has 0 amide bonds. The Kier molecular flexibility index (Phi) is 5.90. The number of piperidine rings is 1. The van der Waals surface area contributed by atoms with Gasteiger partial charge in [0.25, 0.3) is 0 Å². The fraction of sp³-hybridized carbons (Fsp3) is 0.240. The molecule has 0 unspecified atom stereocenters. The molecule has 3 aromatic rings. The fourth-order valence-electron chi connectivity index (χ4n) is 4.08. The second-order valence-electron chi connectivity index (χ2n) is 7.50. The topological polar surface area (TPSA) is 20.3 Å². The van der Waals surface area contributed by atoms with Crippen molar-refractivity contribution in [2.24, 2.45) is 0 Å². The molecule has 3 aromatic carbocycles. The van der Waals surface area contributed by atoms with Crippen molar-refractivity contribution in [2.75, 3.05) is 13.1 Å². The van der Waals surface area contributed by atoms with Gasteiger partial charge in [0.05, 0.1) is 0 Å². The van der Waals surface area contributed by atoms with Gasteiger partial charge in [0.15, 0.2) is 0 Å². The molecular weight excluding hydrogens is 366 g/mol. The van der Waals surface area contributed by atoms with Crippen LogP contribution in [0.3, 0.4) is 0 Å². The minimum atomic E-state index is 0.587. The Labute approximate surface area is 171 Å². The maximum Gasteiger partial charge on any atom is 0.150 e. The van der Waals surface area contributed by atoms with Crippen molar-refractivity contribution in [2.45, 2.75) is 25.3 Å². The van der Waals surface area contributed by atoms with Crippen LogP contribution in [0, 0.1) is 0 Å². The van der Waals surface area contributed by atoms with E-state index in [9.17, 15) is 4.79 Å². The molecule has 0 aromatic heterocycles. The van der Waals surface area contributed by atoms with Crippen LogP contribution in [0.4, 0.5) is 0 Å². The quantitative estimate of drug-likeness (QED) is 0.484.